The van der Waals surface area contributed by atoms with E-state index in [2.05, 4.69) is 80.2 Å². The fourth-order valence-corrected chi connectivity index (χ4v) is 4.12. The van der Waals surface area contributed by atoms with Gasteiger partial charge in [-0.15, -0.1) is 11.3 Å². The molecule has 1 fully saturated rings. The van der Waals surface area contributed by atoms with Crippen LogP contribution in [0.2, 0.25) is 0 Å². The summed E-state index contributed by atoms with van der Waals surface area (Å²) in [4.78, 5) is 10.8. The van der Waals surface area contributed by atoms with Crippen molar-refractivity contribution in [2.24, 2.45) is 4.99 Å². The van der Waals surface area contributed by atoms with Crippen molar-refractivity contribution in [2.75, 3.05) is 51.2 Å². The Kier molecular flexibility index (Phi) is 7.54. The van der Waals surface area contributed by atoms with Crippen LogP contribution in [0.5, 0.6) is 0 Å². The van der Waals surface area contributed by atoms with E-state index in [1.807, 2.05) is 7.05 Å². The summed E-state index contributed by atoms with van der Waals surface area (Å²) in [6.07, 6.45) is 1.04. The van der Waals surface area contributed by atoms with E-state index in [-0.39, 0.29) is 0 Å². The molecule has 1 atom stereocenters. The maximum Gasteiger partial charge on any atom is 0.191 e. The molecule has 1 saturated heterocycles. The first-order valence-electron chi connectivity index (χ1n) is 9.77. The summed E-state index contributed by atoms with van der Waals surface area (Å²) in [6, 6.07) is 15.5. The minimum Gasteiger partial charge on any atom is -0.369 e. The van der Waals surface area contributed by atoms with Crippen LogP contribution >= 0.6 is 11.3 Å². The summed E-state index contributed by atoms with van der Waals surface area (Å²) in [5.74, 6) is 0.890. The van der Waals surface area contributed by atoms with Crippen molar-refractivity contribution < 1.29 is 0 Å². The minimum absolute atomic E-state index is 0.485. The lowest BCUT2D eigenvalue weighted by Gasteiger charge is -2.39. The molecule has 0 amide bonds. The van der Waals surface area contributed by atoms with E-state index < -0.39 is 0 Å². The smallest absolute Gasteiger partial charge is 0.191 e. The number of benzene rings is 1. The van der Waals surface area contributed by atoms with E-state index in [0.717, 1.165) is 51.6 Å². The number of nitrogens with one attached hydrogen (secondary N) is 2. The fraction of sp³-hybridized carbons (Fsp3) is 0.476. The highest BCUT2D eigenvalue weighted by atomic mass is 32.1. The second-order valence-electron chi connectivity index (χ2n) is 6.92. The third-order valence-electron chi connectivity index (χ3n) is 5.09. The Morgan fingerprint density at radius 3 is 2.52 bits per heavy atom. The molecule has 2 aromatic rings. The Balaban J connectivity index is 1.36. The van der Waals surface area contributed by atoms with Crippen LogP contribution in [0.25, 0.3) is 0 Å². The molecule has 0 aliphatic carbocycles. The predicted octanol–water partition coefficient (Wildman–Crippen LogP) is 2.67. The van der Waals surface area contributed by atoms with Crippen LogP contribution in [0.3, 0.4) is 0 Å². The van der Waals surface area contributed by atoms with Gasteiger partial charge in [-0.1, -0.05) is 24.3 Å². The molecule has 146 valence electrons. The van der Waals surface area contributed by atoms with Gasteiger partial charge in [-0.05, 0) is 36.9 Å². The third kappa shape index (κ3) is 5.97. The number of guanidine groups is 1. The Labute approximate surface area is 167 Å². The highest BCUT2D eigenvalue weighted by molar-refractivity contribution is 7.09. The van der Waals surface area contributed by atoms with Gasteiger partial charge < -0.3 is 15.5 Å². The monoisotopic (exact) mass is 385 g/mol. The van der Waals surface area contributed by atoms with E-state index in [0.29, 0.717) is 6.04 Å². The molecule has 0 radical (unpaired) electrons. The quantitative estimate of drug-likeness (QED) is 0.568. The first-order valence-corrected chi connectivity index (χ1v) is 10.6. The number of para-hydroxylation sites is 1. The Morgan fingerprint density at radius 1 is 1.07 bits per heavy atom. The second-order valence-corrected chi connectivity index (χ2v) is 7.95. The zero-order chi connectivity index (χ0) is 18.9. The van der Waals surface area contributed by atoms with Gasteiger partial charge in [0.2, 0.25) is 0 Å². The summed E-state index contributed by atoms with van der Waals surface area (Å²) in [6.45, 7) is 8.48. The maximum absolute atomic E-state index is 4.35. The lowest BCUT2D eigenvalue weighted by atomic mass is 10.2. The molecule has 0 saturated carbocycles. The predicted molar refractivity (Wildman–Crippen MR) is 117 cm³/mol. The molecule has 1 unspecified atom stereocenters. The van der Waals surface area contributed by atoms with Crippen LogP contribution in [0.4, 0.5) is 5.69 Å². The lowest BCUT2D eigenvalue weighted by molar-refractivity contribution is 0.197. The highest BCUT2D eigenvalue weighted by Crippen LogP contribution is 2.16. The number of piperazine rings is 1. The van der Waals surface area contributed by atoms with Gasteiger partial charge in [-0.2, -0.15) is 0 Å². The minimum atomic E-state index is 0.485. The Bertz CT molecular complexity index is 678. The van der Waals surface area contributed by atoms with Gasteiger partial charge in [-0.25, -0.2) is 0 Å². The first kappa shape index (κ1) is 19.7. The van der Waals surface area contributed by atoms with Gasteiger partial charge in [0.25, 0.3) is 0 Å². The van der Waals surface area contributed by atoms with Gasteiger partial charge in [0.15, 0.2) is 5.96 Å². The molecular formula is C21H31N5S. The molecule has 1 aliphatic rings. The molecule has 1 aromatic heterocycles. The maximum atomic E-state index is 4.35. The summed E-state index contributed by atoms with van der Waals surface area (Å²) >= 11 is 1.81. The van der Waals surface area contributed by atoms with Crippen molar-refractivity contribution in [3.05, 3.63) is 52.7 Å². The van der Waals surface area contributed by atoms with Crippen molar-refractivity contribution >= 4 is 23.0 Å². The number of rotatable bonds is 7. The molecule has 3 rings (SSSR count). The molecular weight excluding hydrogens is 354 g/mol. The molecule has 0 spiro atoms. The largest absolute Gasteiger partial charge is 0.369 e. The zero-order valence-corrected chi connectivity index (χ0v) is 17.2. The van der Waals surface area contributed by atoms with Crippen molar-refractivity contribution in [1.29, 1.82) is 0 Å². The number of thiophene rings is 1. The lowest BCUT2D eigenvalue weighted by Crippen LogP contribution is -2.53. The molecule has 1 aliphatic heterocycles. The molecule has 6 heteroatoms. The summed E-state index contributed by atoms with van der Waals surface area (Å²) < 4.78 is 0. The summed E-state index contributed by atoms with van der Waals surface area (Å²) in [7, 11) is 1.84. The van der Waals surface area contributed by atoms with Gasteiger partial charge >= 0.3 is 0 Å². The molecule has 2 heterocycles. The van der Waals surface area contributed by atoms with Crippen LogP contribution in [-0.2, 0) is 6.42 Å². The average Bonchev–Trinajstić information content (AvgIpc) is 3.24. The normalized spacial score (nSPS) is 17.0. The van der Waals surface area contributed by atoms with E-state index >= 15 is 0 Å². The van der Waals surface area contributed by atoms with Crippen molar-refractivity contribution in [3.8, 4) is 0 Å². The van der Waals surface area contributed by atoms with Gasteiger partial charge in [-0.3, -0.25) is 9.89 Å². The van der Waals surface area contributed by atoms with E-state index in [1.165, 1.54) is 10.6 Å². The van der Waals surface area contributed by atoms with Gasteiger partial charge in [0.05, 0.1) is 0 Å². The fourth-order valence-electron chi connectivity index (χ4n) is 3.41. The third-order valence-corrected chi connectivity index (χ3v) is 6.03. The van der Waals surface area contributed by atoms with Crippen LogP contribution < -0.4 is 15.5 Å². The Morgan fingerprint density at radius 2 is 1.85 bits per heavy atom. The number of hydrogen-bond acceptors (Lipinski definition) is 4. The second kappa shape index (κ2) is 10.3. The first-order chi connectivity index (χ1) is 13.3. The standard InChI is InChI=1S/C21H31N5S/c1-18(17-24-21(22-2)23-11-10-20-9-6-16-27-20)25-12-14-26(15-13-25)19-7-4-3-5-8-19/h3-9,16,18H,10-15,17H2,1-2H3,(H2,22,23,24). The van der Waals surface area contributed by atoms with Crippen LogP contribution in [0, 0.1) is 0 Å². The number of hydrogen-bond donors (Lipinski definition) is 2. The number of nitrogens with zero attached hydrogens (tertiary/aromatic N) is 3. The molecule has 2 N–H and O–H groups in total. The van der Waals surface area contributed by atoms with Crippen molar-refractivity contribution in [2.45, 2.75) is 19.4 Å². The summed E-state index contributed by atoms with van der Waals surface area (Å²) in [5, 5.41) is 9.02. The highest BCUT2D eigenvalue weighted by Gasteiger charge is 2.21. The Hall–Kier alpha value is -2.05. The van der Waals surface area contributed by atoms with E-state index in [9.17, 15) is 0 Å². The van der Waals surface area contributed by atoms with Gasteiger partial charge in [0, 0.05) is 62.9 Å². The molecule has 0 bridgehead atoms. The van der Waals surface area contributed by atoms with E-state index in [1.54, 1.807) is 11.3 Å². The SMILES string of the molecule is CN=C(NCCc1cccs1)NCC(C)N1CCN(c2ccccc2)CC1. The molecule has 1 aromatic carbocycles. The zero-order valence-electron chi connectivity index (χ0n) is 16.4. The van der Waals surface area contributed by atoms with E-state index in [4.69, 9.17) is 0 Å². The average molecular weight is 386 g/mol. The van der Waals surface area contributed by atoms with Crippen LogP contribution in [0.15, 0.2) is 52.8 Å². The van der Waals surface area contributed by atoms with Crippen LogP contribution in [-0.4, -0.2) is 63.2 Å². The summed E-state index contributed by atoms with van der Waals surface area (Å²) in [5.41, 5.74) is 1.33. The van der Waals surface area contributed by atoms with Crippen molar-refractivity contribution in [1.82, 2.24) is 15.5 Å². The molecule has 5 nitrogen and oxygen atoms in total. The number of aliphatic imine (C=N–C) groups is 1. The van der Waals surface area contributed by atoms with Gasteiger partial charge in [0.1, 0.15) is 0 Å². The topological polar surface area (TPSA) is 42.9 Å². The number of anilines is 1. The van der Waals surface area contributed by atoms with Crippen molar-refractivity contribution in [3.63, 3.8) is 0 Å². The van der Waals surface area contributed by atoms with Crippen LogP contribution in [0.1, 0.15) is 11.8 Å². The molecule has 27 heavy (non-hydrogen) atoms.